The zero-order valence-corrected chi connectivity index (χ0v) is 15.3. The first-order valence-electron chi connectivity index (χ1n) is 9.14. The Labute approximate surface area is 161 Å². The molecular weight excluding hydrogens is 371 g/mol. The van der Waals surface area contributed by atoms with Gasteiger partial charge in [0.15, 0.2) is 12.4 Å². The number of carbonyl (C=O) groups excluding carboxylic acids is 1. The van der Waals surface area contributed by atoms with Crippen LogP contribution in [0.1, 0.15) is 28.8 Å². The molecule has 4 nitrogen and oxygen atoms in total. The number of phenolic OH excluding ortho intramolecular Hbond substituents is 1. The van der Waals surface area contributed by atoms with Gasteiger partial charge in [-0.05, 0) is 67.9 Å². The van der Waals surface area contributed by atoms with Crippen LogP contribution >= 0.6 is 0 Å². The number of ketones is 1. The molecule has 0 aliphatic carbocycles. The lowest BCUT2D eigenvalue weighted by atomic mass is 9.88. The topological polar surface area (TPSA) is 49.8 Å². The third-order valence-electron chi connectivity index (χ3n) is 4.84. The third kappa shape index (κ3) is 5.73. The molecule has 0 unspecified atom stereocenters. The zero-order chi connectivity index (χ0) is 20.1. The number of phenols is 1. The van der Waals surface area contributed by atoms with E-state index in [1.807, 2.05) is 0 Å². The second-order valence-electron chi connectivity index (χ2n) is 7.01. The predicted octanol–water partition coefficient (Wildman–Crippen LogP) is 4.43. The molecule has 0 amide bonds. The number of hydrogen-bond donors (Lipinski definition) is 1. The molecule has 0 spiro atoms. The number of carbonyl (C=O) groups is 1. The van der Waals surface area contributed by atoms with Gasteiger partial charge in [-0.25, -0.2) is 0 Å². The largest absolute Gasteiger partial charge is 0.508 e. The van der Waals surface area contributed by atoms with Gasteiger partial charge in [0, 0.05) is 18.0 Å². The van der Waals surface area contributed by atoms with E-state index in [9.17, 15) is 23.1 Å². The van der Waals surface area contributed by atoms with E-state index in [4.69, 9.17) is 4.74 Å². The quantitative estimate of drug-likeness (QED) is 0.738. The van der Waals surface area contributed by atoms with Crippen molar-refractivity contribution in [1.82, 2.24) is 4.90 Å². The number of benzene rings is 2. The van der Waals surface area contributed by atoms with Crippen LogP contribution in [0.25, 0.3) is 0 Å². The molecule has 7 heteroatoms. The Kier molecular flexibility index (Phi) is 6.24. The molecule has 2 aromatic carbocycles. The molecule has 150 valence electrons. The SMILES string of the molecule is O=C(c1ccc(O)cc1)C1CCN(Cc2ccc(OCC(F)(F)F)cc2)CC1. The van der Waals surface area contributed by atoms with E-state index in [2.05, 4.69) is 4.90 Å². The maximum atomic E-state index is 12.6. The molecule has 1 N–H and O–H groups in total. The summed E-state index contributed by atoms with van der Waals surface area (Å²) in [5.41, 5.74) is 1.60. The van der Waals surface area contributed by atoms with Gasteiger partial charge >= 0.3 is 6.18 Å². The second-order valence-corrected chi connectivity index (χ2v) is 7.01. The van der Waals surface area contributed by atoms with Crippen LogP contribution in [0.15, 0.2) is 48.5 Å². The number of rotatable bonds is 6. The summed E-state index contributed by atoms with van der Waals surface area (Å²) in [6, 6.07) is 12.9. The van der Waals surface area contributed by atoms with Crippen LogP contribution in [-0.2, 0) is 6.54 Å². The van der Waals surface area contributed by atoms with Gasteiger partial charge in [0.1, 0.15) is 11.5 Å². The van der Waals surface area contributed by atoms with Gasteiger partial charge < -0.3 is 9.84 Å². The van der Waals surface area contributed by atoms with Crippen LogP contribution in [0.5, 0.6) is 11.5 Å². The molecule has 0 saturated carbocycles. The van der Waals surface area contributed by atoms with Crippen LogP contribution in [0.4, 0.5) is 13.2 Å². The van der Waals surface area contributed by atoms with Gasteiger partial charge in [0.25, 0.3) is 0 Å². The van der Waals surface area contributed by atoms with Crippen molar-refractivity contribution >= 4 is 5.78 Å². The fourth-order valence-corrected chi connectivity index (χ4v) is 3.33. The first kappa shape index (κ1) is 20.2. The van der Waals surface area contributed by atoms with Gasteiger partial charge in [-0.3, -0.25) is 9.69 Å². The summed E-state index contributed by atoms with van der Waals surface area (Å²) in [5, 5.41) is 9.33. The molecule has 1 aliphatic rings. The minimum Gasteiger partial charge on any atom is -0.508 e. The minimum atomic E-state index is -4.35. The van der Waals surface area contributed by atoms with Crippen LogP contribution < -0.4 is 4.74 Å². The zero-order valence-electron chi connectivity index (χ0n) is 15.3. The normalized spacial score (nSPS) is 16.1. The van der Waals surface area contributed by atoms with Gasteiger partial charge in [-0.15, -0.1) is 0 Å². The van der Waals surface area contributed by atoms with Crippen LogP contribution in [-0.4, -0.2) is 41.7 Å². The molecule has 0 bridgehead atoms. The smallest absolute Gasteiger partial charge is 0.422 e. The molecule has 28 heavy (non-hydrogen) atoms. The van der Waals surface area contributed by atoms with Crippen molar-refractivity contribution in [3.63, 3.8) is 0 Å². The summed E-state index contributed by atoms with van der Waals surface area (Å²) in [6.45, 7) is 0.941. The molecule has 1 fully saturated rings. The van der Waals surface area contributed by atoms with E-state index in [0.29, 0.717) is 12.1 Å². The number of ether oxygens (including phenoxy) is 1. The van der Waals surface area contributed by atoms with E-state index >= 15 is 0 Å². The van der Waals surface area contributed by atoms with Crippen LogP contribution in [0.3, 0.4) is 0 Å². The number of halogens is 3. The maximum Gasteiger partial charge on any atom is 0.422 e. The van der Waals surface area contributed by atoms with Crippen molar-refractivity contribution in [2.45, 2.75) is 25.6 Å². The van der Waals surface area contributed by atoms with Crippen LogP contribution in [0.2, 0.25) is 0 Å². The van der Waals surface area contributed by atoms with Crippen LogP contribution in [0, 0.1) is 5.92 Å². The summed E-state index contributed by atoms with van der Waals surface area (Å²) in [6.07, 6.45) is -2.83. The summed E-state index contributed by atoms with van der Waals surface area (Å²) < 4.78 is 41.2. The van der Waals surface area contributed by atoms with Crippen molar-refractivity contribution in [2.75, 3.05) is 19.7 Å². The standard InChI is InChI=1S/C21H22F3NO3/c22-21(23,24)14-28-19-7-1-15(2-8-19)13-25-11-9-17(10-12-25)20(27)16-3-5-18(26)6-4-16/h1-8,17,26H,9-14H2. The molecule has 1 aliphatic heterocycles. The van der Waals surface area contributed by atoms with E-state index in [1.54, 1.807) is 36.4 Å². The van der Waals surface area contributed by atoms with Gasteiger partial charge in [0.05, 0.1) is 0 Å². The number of alkyl halides is 3. The van der Waals surface area contributed by atoms with Crippen molar-refractivity contribution in [1.29, 1.82) is 0 Å². The Morgan fingerprint density at radius 2 is 1.64 bits per heavy atom. The Hall–Kier alpha value is -2.54. The molecule has 0 aromatic heterocycles. The maximum absolute atomic E-state index is 12.6. The fraction of sp³-hybridized carbons (Fsp3) is 0.381. The highest BCUT2D eigenvalue weighted by Crippen LogP contribution is 2.25. The van der Waals surface area contributed by atoms with Crippen molar-refractivity contribution in [3.05, 3.63) is 59.7 Å². The van der Waals surface area contributed by atoms with E-state index in [0.717, 1.165) is 31.5 Å². The number of likely N-dealkylation sites (tertiary alicyclic amines) is 1. The highest BCUT2D eigenvalue weighted by molar-refractivity contribution is 5.98. The molecule has 1 saturated heterocycles. The highest BCUT2D eigenvalue weighted by Gasteiger charge is 2.28. The monoisotopic (exact) mass is 393 g/mol. The highest BCUT2D eigenvalue weighted by atomic mass is 19.4. The number of nitrogens with zero attached hydrogens (tertiary/aromatic N) is 1. The molecule has 2 aromatic rings. The number of piperidine rings is 1. The Morgan fingerprint density at radius 1 is 1.04 bits per heavy atom. The van der Waals surface area contributed by atoms with Gasteiger partial charge in [-0.2, -0.15) is 13.2 Å². The summed E-state index contributed by atoms with van der Waals surface area (Å²) in [7, 11) is 0. The summed E-state index contributed by atoms with van der Waals surface area (Å²) in [5.74, 6) is 0.408. The van der Waals surface area contributed by atoms with Crippen molar-refractivity contribution in [2.24, 2.45) is 5.92 Å². The predicted molar refractivity (Wildman–Crippen MR) is 98.4 cm³/mol. The van der Waals surface area contributed by atoms with E-state index in [1.165, 1.54) is 12.1 Å². The number of hydrogen-bond acceptors (Lipinski definition) is 4. The van der Waals surface area contributed by atoms with Crippen molar-refractivity contribution < 1.29 is 27.8 Å². The minimum absolute atomic E-state index is 0.0288. The lowest BCUT2D eigenvalue weighted by Gasteiger charge is -2.31. The first-order valence-corrected chi connectivity index (χ1v) is 9.14. The first-order chi connectivity index (χ1) is 13.3. The number of Topliss-reactive ketones (excluding diaryl/α,β-unsaturated/α-hetero) is 1. The Bertz CT molecular complexity index is 780. The van der Waals surface area contributed by atoms with E-state index in [-0.39, 0.29) is 23.2 Å². The van der Waals surface area contributed by atoms with E-state index < -0.39 is 12.8 Å². The molecular formula is C21H22F3NO3. The second kappa shape index (κ2) is 8.65. The fourth-order valence-electron chi connectivity index (χ4n) is 3.33. The average Bonchev–Trinajstić information content (AvgIpc) is 2.67. The third-order valence-corrected chi connectivity index (χ3v) is 4.84. The lowest BCUT2D eigenvalue weighted by molar-refractivity contribution is -0.153. The summed E-state index contributed by atoms with van der Waals surface area (Å²) in [4.78, 5) is 14.8. The Balaban J connectivity index is 1.47. The molecule has 1 heterocycles. The van der Waals surface area contributed by atoms with Gasteiger partial charge in [-0.1, -0.05) is 12.1 Å². The Morgan fingerprint density at radius 3 is 2.21 bits per heavy atom. The van der Waals surface area contributed by atoms with Gasteiger partial charge in [0.2, 0.25) is 0 Å². The van der Waals surface area contributed by atoms with Crippen molar-refractivity contribution in [3.8, 4) is 11.5 Å². The molecule has 0 radical (unpaired) electrons. The molecule has 0 atom stereocenters. The molecule has 3 rings (SSSR count). The lowest BCUT2D eigenvalue weighted by Crippen LogP contribution is -2.35. The average molecular weight is 393 g/mol. The summed E-state index contributed by atoms with van der Waals surface area (Å²) >= 11 is 0. The number of aromatic hydroxyl groups is 1.